The van der Waals surface area contributed by atoms with Crippen LogP contribution in [0.4, 0.5) is 0 Å². The molecule has 0 aliphatic carbocycles. The number of hydrogen-bond donors (Lipinski definition) is 0. The van der Waals surface area contributed by atoms with Crippen LogP contribution in [0.15, 0.2) is 97.1 Å². The highest BCUT2D eigenvalue weighted by Crippen LogP contribution is 2.25. The molecule has 0 atom stereocenters. The Morgan fingerprint density at radius 2 is 0.794 bits per heavy atom. The van der Waals surface area contributed by atoms with Crippen LogP contribution < -0.4 is 9.47 Å². The lowest BCUT2D eigenvalue weighted by atomic mass is 10.0. The Kier molecular flexibility index (Phi) is 8.24. The predicted molar refractivity (Wildman–Crippen MR) is 138 cm³/mol. The molecule has 0 aliphatic rings. The van der Waals surface area contributed by atoms with E-state index in [0.29, 0.717) is 35.7 Å². The van der Waals surface area contributed by atoms with Crippen LogP contribution in [0, 0.1) is 0 Å². The lowest BCUT2D eigenvalue weighted by molar-refractivity contribution is -0.119. The quantitative estimate of drug-likeness (QED) is 0.223. The SMILES string of the molecule is O=C(CCc1ccc(Oc2ccc(Cl)cc2)cc1)CCc1ccc(Oc2ccc(Cl)cc2)cc1. The molecule has 34 heavy (non-hydrogen) atoms. The number of ether oxygens (including phenoxy) is 2. The first-order valence-electron chi connectivity index (χ1n) is 11.1. The molecule has 172 valence electrons. The van der Waals surface area contributed by atoms with Gasteiger partial charge in [0.15, 0.2) is 0 Å². The summed E-state index contributed by atoms with van der Waals surface area (Å²) in [6.07, 6.45) is 2.48. The summed E-state index contributed by atoms with van der Waals surface area (Å²) in [6, 6.07) is 30.1. The number of benzene rings is 4. The molecule has 4 rings (SSSR count). The number of ketones is 1. The minimum Gasteiger partial charge on any atom is -0.457 e. The van der Waals surface area contributed by atoms with E-state index in [1.165, 1.54) is 0 Å². The van der Waals surface area contributed by atoms with Gasteiger partial charge in [0.2, 0.25) is 0 Å². The first kappa shape index (κ1) is 23.9. The van der Waals surface area contributed by atoms with E-state index in [1.54, 1.807) is 24.3 Å². The second-order valence-corrected chi connectivity index (χ2v) is 8.81. The number of Topliss-reactive ketones (excluding diaryl/α,β-unsaturated/α-hetero) is 1. The van der Waals surface area contributed by atoms with E-state index < -0.39 is 0 Å². The Bertz CT molecular complexity index is 1100. The third-order valence-corrected chi connectivity index (χ3v) is 5.83. The van der Waals surface area contributed by atoms with Crippen LogP contribution in [0.3, 0.4) is 0 Å². The second kappa shape index (κ2) is 11.7. The van der Waals surface area contributed by atoms with Gasteiger partial charge in [0.05, 0.1) is 0 Å². The Balaban J connectivity index is 1.19. The monoisotopic (exact) mass is 490 g/mol. The highest BCUT2D eigenvalue weighted by atomic mass is 35.5. The molecule has 5 heteroatoms. The van der Waals surface area contributed by atoms with Gasteiger partial charge in [0.1, 0.15) is 28.8 Å². The highest BCUT2D eigenvalue weighted by molar-refractivity contribution is 6.30. The number of halogens is 2. The van der Waals surface area contributed by atoms with Crippen molar-refractivity contribution in [3.63, 3.8) is 0 Å². The summed E-state index contributed by atoms with van der Waals surface area (Å²) in [5.74, 6) is 3.22. The van der Waals surface area contributed by atoms with Gasteiger partial charge in [-0.1, -0.05) is 47.5 Å². The van der Waals surface area contributed by atoms with E-state index in [2.05, 4.69) is 0 Å². The fourth-order valence-electron chi connectivity index (χ4n) is 3.42. The summed E-state index contributed by atoms with van der Waals surface area (Å²) in [5, 5.41) is 1.35. The van der Waals surface area contributed by atoms with Gasteiger partial charge in [-0.2, -0.15) is 0 Å². The number of carbonyl (C=O) groups excluding carboxylic acids is 1. The van der Waals surface area contributed by atoms with Gasteiger partial charge in [0.25, 0.3) is 0 Å². The Morgan fingerprint density at radius 1 is 0.500 bits per heavy atom. The number of hydrogen-bond acceptors (Lipinski definition) is 3. The fraction of sp³-hybridized carbons (Fsp3) is 0.138. The van der Waals surface area contributed by atoms with Gasteiger partial charge in [-0.3, -0.25) is 4.79 Å². The van der Waals surface area contributed by atoms with E-state index in [0.717, 1.165) is 34.1 Å². The van der Waals surface area contributed by atoms with Crippen LogP contribution in [0.5, 0.6) is 23.0 Å². The van der Waals surface area contributed by atoms with E-state index in [4.69, 9.17) is 32.7 Å². The zero-order chi connectivity index (χ0) is 23.8. The van der Waals surface area contributed by atoms with E-state index >= 15 is 0 Å². The molecule has 0 aliphatic heterocycles. The second-order valence-electron chi connectivity index (χ2n) is 7.94. The summed E-state index contributed by atoms with van der Waals surface area (Å²) >= 11 is 11.8. The smallest absolute Gasteiger partial charge is 0.133 e. The standard InChI is InChI=1S/C29H24Cl2O3/c30-23-7-17-28(18-8-23)33-26-13-3-21(4-14-26)1-11-25(32)12-2-22-5-15-27(16-6-22)34-29-19-9-24(31)10-20-29/h3-10,13-20H,1-2,11-12H2. The molecule has 4 aromatic rings. The molecular formula is C29H24Cl2O3. The van der Waals surface area contributed by atoms with Crippen LogP contribution in [0.1, 0.15) is 24.0 Å². The van der Waals surface area contributed by atoms with Crippen molar-refractivity contribution in [1.29, 1.82) is 0 Å². The number of rotatable bonds is 10. The fourth-order valence-corrected chi connectivity index (χ4v) is 3.67. The van der Waals surface area contributed by atoms with Gasteiger partial charge in [-0.05, 0) is 96.8 Å². The van der Waals surface area contributed by atoms with E-state index in [-0.39, 0.29) is 5.78 Å². The van der Waals surface area contributed by atoms with Crippen molar-refractivity contribution in [1.82, 2.24) is 0 Å². The van der Waals surface area contributed by atoms with Crippen molar-refractivity contribution in [3.05, 3.63) is 118 Å². The van der Waals surface area contributed by atoms with Crippen molar-refractivity contribution in [3.8, 4) is 23.0 Å². The zero-order valence-corrected chi connectivity index (χ0v) is 20.1. The minimum absolute atomic E-state index is 0.253. The Hall–Kier alpha value is -3.27. The number of carbonyl (C=O) groups is 1. The summed E-state index contributed by atoms with van der Waals surface area (Å²) in [4.78, 5) is 12.4. The molecule has 0 saturated carbocycles. The van der Waals surface area contributed by atoms with Gasteiger partial charge >= 0.3 is 0 Å². The average molecular weight is 491 g/mol. The van der Waals surface area contributed by atoms with Gasteiger partial charge in [-0.15, -0.1) is 0 Å². The molecule has 0 unspecified atom stereocenters. The van der Waals surface area contributed by atoms with Crippen LogP contribution in [-0.4, -0.2) is 5.78 Å². The molecule has 0 N–H and O–H groups in total. The van der Waals surface area contributed by atoms with Crippen LogP contribution in [-0.2, 0) is 17.6 Å². The molecule has 0 bridgehead atoms. The predicted octanol–water partition coefficient (Wildman–Crippen LogP) is 8.71. The first-order valence-corrected chi connectivity index (χ1v) is 11.9. The van der Waals surface area contributed by atoms with Crippen molar-refractivity contribution in [2.24, 2.45) is 0 Å². The molecule has 0 fully saturated rings. The van der Waals surface area contributed by atoms with Crippen molar-refractivity contribution in [2.75, 3.05) is 0 Å². The molecule has 0 aromatic heterocycles. The maximum atomic E-state index is 12.4. The molecule has 0 spiro atoms. The maximum absolute atomic E-state index is 12.4. The molecule has 0 radical (unpaired) electrons. The molecule has 0 amide bonds. The molecule has 3 nitrogen and oxygen atoms in total. The lowest BCUT2D eigenvalue weighted by Crippen LogP contribution is -2.02. The van der Waals surface area contributed by atoms with E-state index in [1.807, 2.05) is 72.8 Å². The topological polar surface area (TPSA) is 35.5 Å². The minimum atomic E-state index is 0.253. The first-order chi connectivity index (χ1) is 16.5. The lowest BCUT2D eigenvalue weighted by Gasteiger charge is -2.08. The molecular weight excluding hydrogens is 467 g/mol. The highest BCUT2D eigenvalue weighted by Gasteiger charge is 2.06. The summed E-state index contributed by atoms with van der Waals surface area (Å²) in [5.41, 5.74) is 2.22. The maximum Gasteiger partial charge on any atom is 0.133 e. The summed E-state index contributed by atoms with van der Waals surface area (Å²) in [6.45, 7) is 0. The molecule has 0 heterocycles. The van der Waals surface area contributed by atoms with Gasteiger partial charge in [0, 0.05) is 22.9 Å². The van der Waals surface area contributed by atoms with Crippen molar-refractivity contribution < 1.29 is 14.3 Å². The average Bonchev–Trinajstić information content (AvgIpc) is 2.86. The number of aryl methyl sites for hydroxylation is 2. The van der Waals surface area contributed by atoms with Crippen LogP contribution in [0.25, 0.3) is 0 Å². The largest absolute Gasteiger partial charge is 0.457 e. The zero-order valence-electron chi connectivity index (χ0n) is 18.5. The van der Waals surface area contributed by atoms with Crippen LogP contribution >= 0.6 is 23.2 Å². The molecule has 4 aromatic carbocycles. The van der Waals surface area contributed by atoms with Crippen LogP contribution in [0.2, 0.25) is 10.0 Å². The van der Waals surface area contributed by atoms with Crippen molar-refractivity contribution in [2.45, 2.75) is 25.7 Å². The van der Waals surface area contributed by atoms with Gasteiger partial charge in [-0.25, -0.2) is 0 Å². The summed E-state index contributed by atoms with van der Waals surface area (Å²) in [7, 11) is 0. The third kappa shape index (κ3) is 7.38. The third-order valence-electron chi connectivity index (χ3n) is 5.33. The van der Waals surface area contributed by atoms with Gasteiger partial charge < -0.3 is 9.47 Å². The Labute approximate surface area is 209 Å². The summed E-state index contributed by atoms with van der Waals surface area (Å²) < 4.78 is 11.6. The Morgan fingerprint density at radius 3 is 1.12 bits per heavy atom. The van der Waals surface area contributed by atoms with E-state index in [9.17, 15) is 4.79 Å². The van der Waals surface area contributed by atoms with Crippen molar-refractivity contribution >= 4 is 29.0 Å². The molecule has 0 saturated heterocycles. The normalized spacial score (nSPS) is 10.6.